The van der Waals surface area contributed by atoms with Gasteiger partial charge >= 0.3 is 57.5 Å². The molecule has 0 aromatic rings. The van der Waals surface area contributed by atoms with E-state index in [0.29, 0.717) is 0 Å². The van der Waals surface area contributed by atoms with E-state index in [1.165, 1.54) is 0 Å². The number of carbonyl (C=O) groups is 2. The first-order chi connectivity index (χ1) is 3.63. The van der Waals surface area contributed by atoms with Gasteiger partial charge in [0, 0.05) is 0 Å². The molecule has 0 aliphatic heterocycles. The van der Waals surface area contributed by atoms with Gasteiger partial charge in [0.15, 0.2) is 0 Å². The van der Waals surface area contributed by atoms with E-state index >= 15 is 0 Å². The zero-order valence-electron chi connectivity index (χ0n) is 3.96. The molecule has 0 aromatic heterocycles. The SMILES string of the molecule is O=C([O-])[CH2][Tl][C](=O)O. The van der Waals surface area contributed by atoms with Gasteiger partial charge in [-0.3, -0.25) is 0 Å². The van der Waals surface area contributed by atoms with Crippen molar-refractivity contribution in [1.82, 2.24) is 0 Å². The van der Waals surface area contributed by atoms with E-state index < -0.39 is 33.7 Å². The van der Waals surface area contributed by atoms with Crippen LogP contribution in [0.3, 0.4) is 0 Å². The average molecular weight is 307 g/mol. The Bertz CT molecular complexity index is 95.9. The van der Waals surface area contributed by atoms with Crippen LogP contribution in [0.15, 0.2) is 0 Å². The Labute approximate surface area is 57.7 Å². The molecule has 4 nitrogen and oxygen atoms in total. The van der Waals surface area contributed by atoms with Gasteiger partial charge in [-0.15, -0.1) is 0 Å². The molecule has 0 atom stereocenters. The number of carboxylic acids is 1. The van der Waals surface area contributed by atoms with Crippen LogP contribution in [0.1, 0.15) is 0 Å². The Morgan fingerprint density at radius 1 is 1.62 bits per heavy atom. The third-order valence-electron chi connectivity index (χ3n) is 0.443. The Morgan fingerprint density at radius 3 is 2.25 bits per heavy atom. The average Bonchev–Trinajstić information content (AvgIpc) is 1.61. The van der Waals surface area contributed by atoms with Gasteiger partial charge in [-0.2, -0.15) is 0 Å². The summed E-state index contributed by atoms with van der Waals surface area (Å²) in [5.41, 5.74) is 0. The molecule has 0 spiro atoms. The van der Waals surface area contributed by atoms with E-state index in [0.717, 1.165) is 0 Å². The second-order valence-electron chi connectivity index (χ2n) is 1.12. The summed E-state index contributed by atoms with van der Waals surface area (Å²) in [6, 6.07) is 0. The van der Waals surface area contributed by atoms with Crippen molar-refractivity contribution in [2.24, 2.45) is 0 Å². The summed E-state index contributed by atoms with van der Waals surface area (Å²) < 4.78 is -1.11. The molecule has 0 bridgehead atoms. The van der Waals surface area contributed by atoms with Crippen LogP contribution >= 0.6 is 0 Å². The molecule has 0 rings (SSSR count). The van der Waals surface area contributed by atoms with E-state index in [4.69, 9.17) is 5.11 Å². The molecule has 0 fully saturated rings. The molecule has 5 heteroatoms. The van der Waals surface area contributed by atoms with Gasteiger partial charge in [0.05, 0.1) is 0 Å². The summed E-state index contributed by atoms with van der Waals surface area (Å²) in [7, 11) is 0. The number of aliphatic carboxylic acids is 1. The molecule has 0 radical (unpaired) electrons. The zero-order chi connectivity index (χ0) is 6.57. The molecule has 8 heavy (non-hydrogen) atoms. The molecule has 43 valence electrons. The van der Waals surface area contributed by atoms with Crippen LogP contribution in [0.4, 0.5) is 4.79 Å². The van der Waals surface area contributed by atoms with Crippen molar-refractivity contribution < 1.29 is 19.8 Å². The van der Waals surface area contributed by atoms with Crippen molar-refractivity contribution in [3.8, 4) is 0 Å². The van der Waals surface area contributed by atoms with Gasteiger partial charge in [0.1, 0.15) is 0 Å². The molecule has 0 saturated carbocycles. The molecule has 0 heterocycles. The van der Waals surface area contributed by atoms with Crippen LogP contribution in [0.2, 0.25) is 3.98 Å². The van der Waals surface area contributed by atoms with Gasteiger partial charge in [0.25, 0.3) is 0 Å². The molecule has 0 aliphatic carbocycles. The van der Waals surface area contributed by atoms with Crippen molar-refractivity contribution in [1.29, 1.82) is 0 Å². The van der Waals surface area contributed by atoms with Crippen LogP contribution in [0.5, 0.6) is 0 Å². The summed E-state index contributed by atoms with van der Waals surface area (Å²) >= 11 is -1.99. The van der Waals surface area contributed by atoms with Gasteiger partial charge in [-0.1, -0.05) is 0 Å². The summed E-state index contributed by atoms with van der Waals surface area (Å²) in [6.07, 6.45) is 0. The van der Waals surface area contributed by atoms with E-state index in [2.05, 4.69) is 0 Å². The standard InChI is InChI=1S/C2H3O2.CHO2.Tl/c1-2(3)4;2-1-3;/h1H2,(H,3,4);(H,2,3);/p-1. The predicted octanol–water partition coefficient (Wildman–Crippen LogP) is -1.46. The van der Waals surface area contributed by atoms with Crippen LogP contribution < -0.4 is 5.11 Å². The Hall–Kier alpha value is -0.138. The second kappa shape index (κ2) is 3.81. The zero-order valence-corrected chi connectivity index (χ0v) is 8.45. The number of carbonyl (C=O) groups excluding carboxylic acids is 1. The van der Waals surface area contributed by atoms with E-state index in [-0.39, 0.29) is 3.98 Å². The van der Waals surface area contributed by atoms with Crippen LogP contribution in [0.25, 0.3) is 0 Å². The van der Waals surface area contributed by atoms with E-state index in [1.54, 1.807) is 0 Å². The summed E-state index contributed by atoms with van der Waals surface area (Å²) in [5.74, 6) is -1.23. The number of hydrogen-bond acceptors (Lipinski definition) is 3. The van der Waals surface area contributed by atoms with Gasteiger partial charge in [-0.05, 0) is 0 Å². The first-order valence-electron chi connectivity index (χ1n) is 1.89. The normalized spacial score (nSPS) is 7.50. The minimum atomic E-state index is -1.99. The Kier molecular flexibility index (Phi) is 3.75. The van der Waals surface area contributed by atoms with Gasteiger partial charge < -0.3 is 0 Å². The number of carboxylic acid groups (broad SMARTS) is 2. The molecule has 0 aromatic carbocycles. The molecule has 0 saturated heterocycles. The molecular formula is C3H3O4Tl-. The van der Waals surface area contributed by atoms with Crippen LogP contribution in [-0.4, -0.2) is 38.8 Å². The first-order valence-corrected chi connectivity index (χ1v) is 7.31. The van der Waals surface area contributed by atoms with Crippen LogP contribution in [-0.2, 0) is 4.79 Å². The minimum absolute atomic E-state index is 0.199. The quantitative estimate of drug-likeness (QED) is 0.646. The van der Waals surface area contributed by atoms with Gasteiger partial charge in [-0.25, -0.2) is 0 Å². The van der Waals surface area contributed by atoms with Crippen molar-refractivity contribution in [3.05, 3.63) is 0 Å². The topological polar surface area (TPSA) is 77.4 Å². The third-order valence-corrected chi connectivity index (χ3v) is 3.89. The maximum atomic E-state index is 9.71. The molecular weight excluding hydrogens is 304 g/mol. The van der Waals surface area contributed by atoms with Crippen molar-refractivity contribution in [3.63, 3.8) is 0 Å². The number of hydrogen-bond donors (Lipinski definition) is 1. The van der Waals surface area contributed by atoms with Crippen molar-refractivity contribution in [2.45, 2.75) is 3.98 Å². The van der Waals surface area contributed by atoms with Crippen molar-refractivity contribution in [2.75, 3.05) is 0 Å². The number of rotatable bonds is 3. The Morgan fingerprint density at radius 2 is 2.12 bits per heavy atom. The fraction of sp³-hybridized carbons (Fsp3) is 0.333. The van der Waals surface area contributed by atoms with E-state index in [1.807, 2.05) is 0 Å². The van der Waals surface area contributed by atoms with E-state index in [9.17, 15) is 14.7 Å². The Balaban J connectivity index is 3.18. The fourth-order valence-corrected chi connectivity index (χ4v) is 1.50. The fourth-order valence-electron chi connectivity index (χ4n) is 0.171. The van der Waals surface area contributed by atoms with Crippen molar-refractivity contribution >= 4 is 33.7 Å². The van der Waals surface area contributed by atoms with Gasteiger partial charge in [0.2, 0.25) is 0 Å². The second-order valence-corrected chi connectivity index (χ2v) is 6.21. The third kappa shape index (κ3) is 5.86. The summed E-state index contributed by atoms with van der Waals surface area (Å²) in [6.45, 7) is 0. The maximum absolute atomic E-state index is 9.71. The molecule has 0 aliphatic rings. The molecule has 0 unspecified atom stereocenters. The summed E-state index contributed by atoms with van der Waals surface area (Å²) in [5, 5.41) is 17.5. The monoisotopic (exact) mass is 308 g/mol. The summed E-state index contributed by atoms with van der Waals surface area (Å²) in [4.78, 5) is 19.3. The van der Waals surface area contributed by atoms with Crippen LogP contribution in [0, 0.1) is 0 Å². The molecule has 0 amide bonds. The molecule has 1 N–H and O–H groups in total. The predicted molar refractivity (Wildman–Crippen MR) is 23.6 cm³/mol. The first kappa shape index (κ1) is 7.86.